The van der Waals surface area contributed by atoms with Gasteiger partial charge in [-0.25, -0.2) is 5.43 Å². The zero-order valence-corrected chi connectivity index (χ0v) is 13.7. The van der Waals surface area contributed by atoms with E-state index in [1.165, 1.54) is 12.3 Å². The number of hydrogen-bond donors (Lipinski definition) is 2. The van der Waals surface area contributed by atoms with E-state index in [1.54, 1.807) is 36.4 Å². The van der Waals surface area contributed by atoms with Gasteiger partial charge in [0.15, 0.2) is 11.5 Å². The lowest BCUT2D eigenvalue weighted by atomic mass is 10.2. The summed E-state index contributed by atoms with van der Waals surface area (Å²) in [7, 11) is 0. The minimum Gasteiger partial charge on any atom is -0.454 e. The van der Waals surface area contributed by atoms with Gasteiger partial charge in [-0.3, -0.25) is 9.59 Å². The van der Waals surface area contributed by atoms with E-state index in [9.17, 15) is 9.59 Å². The number of nitrogens with zero attached hydrogens (tertiary/aromatic N) is 1. The summed E-state index contributed by atoms with van der Waals surface area (Å²) in [4.78, 5) is 23.6. The molecular formula is C17H14ClN3O4. The average molecular weight is 360 g/mol. The number of benzene rings is 2. The Hall–Kier alpha value is -3.06. The van der Waals surface area contributed by atoms with Crippen molar-refractivity contribution in [2.75, 3.05) is 13.3 Å². The molecule has 0 unspecified atom stereocenters. The van der Waals surface area contributed by atoms with Crippen LogP contribution in [0.2, 0.25) is 5.02 Å². The van der Waals surface area contributed by atoms with Crippen LogP contribution in [-0.4, -0.2) is 31.4 Å². The van der Waals surface area contributed by atoms with Crippen molar-refractivity contribution >= 4 is 29.6 Å². The summed E-state index contributed by atoms with van der Waals surface area (Å²) in [5.41, 5.74) is 3.46. The quantitative estimate of drug-likeness (QED) is 0.630. The third-order valence-electron chi connectivity index (χ3n) is 3.30. The molecule has 0 atom stereocenters. The number of carbonyl (C=O) groups excluding carboxylic acids is 2. The van der Waals surface area contributed by atoms with Crippen molar-refractivity contribution in [3.05, 3.63) is 58.6 Å². The first kappa shape index (κ1) is 16.8. The Morgan fingerprint density at radius 3 is 2.84 bits per heavy atom. The smallest absolute Gasteiger partial charge is 0.259 e. The lowest BCUT2D eigenvalue weighted by Crippen LogP contribution is -2.34. The van der Waals surface area contributed by atoms with Gasteiger partial charge in [0.2, 0.25) is 6.79 Å². The molecule has 0 saturated heterocycles. The fourth-order valence-corrected chi connectivity index (χ4v) is 2.29. The summed E-state index contributed by atoms with van der Waals surface area (Å²) in [6, 6.07) is 11.7. The molecule has 0 fully saturated rings. The van der Waals surface area contributed by atoms with E-state index in [-0.39, 0.29) is 13.3 Å². The van der Waals surface area contributed by atoms with Crippen LogP contribution in [0, 0.1) is 0 Å². The SMILES string of the molecule is O=C(CNC(=O)c1cccc(Cl)c1)NN=Cc1ccc2c(c1)OCO2. The van der Waals surface area contributed by atoms with E-state index < -0.39 is 11.8 Å². The molecular weight excluding hydrogens is 346 g/mol. The zero-order valence-electron chi connectivity index (χ0n) is 13.0. The zero-order chi connectivity index (χ0) is 17.6. The molecule has 128 valence electrons. The highest BCUT2D eigenvalue weighted by atomic mass is 35.5. The lowest BCUT2D eigenvalue weighted by molar-refractivity contribution is -0.120. The standard InChI is InChI=1S/C17H14ClN3O4/c18-13-3-1-2-12(7-13)17(23)19-9-16(22)21-20-8-11-4-5-14-15(6-11)25-10-24-14/h1-8H,9-10H2,(H,19,23)(H,21,22). The van der Waals surface area contributed by atoms with Crippen LogP contribution >= 0.6 is 11.6 Å². The van der Waals surface area contributed by atoms with Gasteiger partial charge in [-0.1, -0.05) is 17.7 Å². The van der Waals surface area contributed by atoms with Gasteiger partial charge >= 0.3 is 0 Å². The van der Waals surface area contributed by atoms with E-state index in [0.29, 0.717) is 22.1 Å². The first-order valence-corrected chi connectivity index (χ1v) is 7.75. The average Bonchev–Trinajstić information content (AvgIpc) is 3.07. The van der Waals surface area contributed by atoms with Crippen molar-refractivity contribution in [2.24, 2.45) is 5.10 Å². The van der Waals surface area contributed by atoms with E-state index in [1.807, 2.05) is 0 Å². The van der Waals surface area contributed by atoms with Crippen molar-refractivity contribution in [3.63, 3.8) is 0 Å². The Morgan fingerprint density at radius 2 is 2.00 bits per heavy atom. The van der Waals surface area contributed by atoms with Gasteiger partial charge in [0, 0.05) is 10.6 Å². The van der Waals surface area contributed by atoms with Crippen molar-refractivity contribution in [2.45, 2.75) is 0 Å². The van der Waals surface area contributed by atoms with Crippen LogP contribution in [0.1, 0.15) is 15.9 Å². The van der Waals surface area contributed by atoms with Crippen LogP contribution < -0.4 is 20.2 Å². The van der Waals surface area contributed by atoms with E-state index >= 15 is 0 Å². The van der Waals surface area contributed by atoms with Gasteiger partial charge in [-0.2, -0.15) is 5.10 Å². The molecule has 0 spiro atoms. The first-order chi connectivity index (χ1) is 12.1. The first-order valence-electron chi connectivity index (χ1n) is 7.37. The van der Waals surface area contributed by atoms with Crippen molar-refractivity contribution < 1.29 is 19.1 Å². The molecule has 1 aliphatic heterocycles. The predicted octanol–water partition coefficient (Wildman–Crippen LogP) is 1.95. The Balaban J connectivity index is 1.47. The van der Waals surface area contributed by atoms with E-state index in [4.69, 9.17) is 21.1 Å². The molecule has 2 aromatic rings. The number of hydrogen-bond acceptors (Lipinski definition) is 5. The second kappa shape index (κ2) is 7.67. The molecule has 2 aromatic carbocycles. The van der Waals surface area contributed by atoms with Gasteiger partial charge in [0.1, 0.15) is 0 Å². The number of fused-ring (bicyclic) bond motifs is 1. The monoisotopic (exact) mass is 359 g/mol. The normalized spacial score (nSPS) is 12.2. The second-order valence-electron chi connectivity index (χ2n) is 5.10. The maximum atomic E-state index is 11.9. The summed E-state index contributed by atoms with van der Waals surface area (Å²) in [5, 5.41) is 6.78. The number of rotatable bonds is 5. The number of hydrazone groups is 1. The summed E-state index contributed by atoms with van der Waals surface area (Å²) in [6.45, 7) is -0.0111. The van der Waals surface area contributed by atoms with E-state index in [0.717, 1.165) is 5.56 Å². The van der Waals surface area contributed by atoms with Gasteiger partial charge in [-0.15, -0.1) is 0 Å². The molecule has 0 saturated carbocycles. The van der Waals surface area contributed by atoms with Crippen molar-refractivity contribution in [1.29, 1.82) is 0 Å². The number of ether oxygens (including phenoxy) is 2. The van der Waals surface area contributed by atoms with Crippen molar-refractivity contribution in [1.82, 2.24) is 10.7 Å². The van der Waals surface area contributed by atoms with Gasteiger partial charge < -0.3 is 14.8 Å². The maximum Gasteiger partial charge on any atom is 0.259 e. The Bertz CT molecular complexity index is 838. The molecule has 1 heterocycles. The second-order valence-corrected chi connectivity index (χ2v) is 5.54. The maximum absolute atomic E-state index is 11.9. The van der Waals surface area contributed by atoms with Crippen LogP contribution in [0.3, 0.4) is 0 Å². The molecule has 8 heteroatoms. The molecule has 2 N–H and O–H groups in total. The van der Waals surface area contributed by atoms with Crippen LogP contribution in [0.15, 0.2) is 47.6 Å². The third-order valence-corrected chi connectivity index (χ3v) is 3.53. The molecule has 2 amide bonds. The molecule has 0 aromatic heterocycles. The summed E-state index contributed by atoms with van der Waals surface area (Å²) >= 11 is 5.82. The van der Waals surface area contributed by atoms with Crippen LogP contribution in [0.25, 0.3) is 0 Å². The summed E-state index contributed by atoms with van der Waals surface area (Å²) < 4.78 is 10.5. The van der Waals surface area contributed by atoms with Crippen LogP contribution in [-0.2, 0) is 4.79 Å². The number of halogens is 1. The molecule has 7 nitrogen and oxygen atoms in total. The number of amides is 2. The van der Waals surface area contributed by atoms with Crippen molar-refractivity contribution in [3.8, 4) is 11.5 Å². The summed E-state index contributed by atoms with van der Waals surface area (Å²) in [6.07, 6.45) is 1.47. The molecule has 0 radical (unpaired) electrons. The predicted molar refractivity (Wildman–Crippen MR) is 92.1 cm³/mol. The lowest BCUT2D eigenvalue weighted by Gasteiger charge is -2.04. The molecule has 25 heavy (non-hydrogen) atoms. The molecule has 0 aliphatic carbocycles. The Morgan fingerprint density at radius 1 is 1.16 bits per heavy atom. The highest BCUT2D eigenvalue weighted by Gasteiger charge is 2.12. The third kappa shape index (κ3) is 4.48. The minimum atomic E-state index is -0.452. The topological polar surface area (TPSA) is 89.0 Å². The fourth-order valence-electron chi connectivity index (χ4n) is 2.10. The van der Waals surface area contributed by atoms with Crippen LogP contribution in [0.5, 0.6) is 11.5 Å². The summed E-state index contributed by atoms with van der Waals surface area (Å²) in [5.74, 6) is 0.457. The van der Waals surface area contributed by atoms with Gasteiger partial charge in [-0.05, 0) is 42.0 Å². The fraction of sp³-hybridized carbons (Fsp3) is 0.118. The largest absolute Gasteiger partial charge is 0.454 e. The van der Waals surface area contributed by atoms with Crippen LogP contribution in [0.4, 0.5) is 0 Å². The molecule has 3 rings (SSSR count). The van der Waals surface area contributed by atoms with Gasteiger partial charge in [0.25, 0.3) is 11.8 Å². The van der Waals surface area contributed by atoms with E-state index in [2.05, 4.69) is 15.8 Å². The minimum absolute atomic E-state index is 0.193. The number of nitrogens with one attached hydrogen (secondary N) is 2. The highest BCUT2D eigenvalue weighted by Crippen LogP contribution is 2.31. The highest BCUT2D eigenvalue weighted by molar-refractivity contribution is 6.30. The van der Waals surface area contributed by atoms with Gasteiger partial charge in [0.05, 0.1) is 12.8 Å². The Labute approximate surface area is 148 Å². The molecule has 1 aliphatic rings. The molecule has 0 bridgehead atoms. The number of carbonyl (C=O) groups is 2. The Kier molecular flexibility index (Phi) is 5.15.